The highest BCUT2D eigenvalue weighted by Crippen LogP contribution is 2.12. The highest BCUT2D eigenvalue weighted by molar-refractivity contribution is 5.74. The van der Waals surface area contributed by atoms with Gasteiger partial charge in [0.25, 0.3) is 0 Å². The van der Waals surface area contributed by atoms with E-state index in [2.05, 4.69) is 23.7 Å². The monoisotopic (exact) mass is 247 g/mol. The fraction of sp³-hybridized carbons (Fsp3) is 0.500. The molecule has 0 aliphatic rings. The van der Waals surface area contributed by atoms with Crippen molar-refractivity contribution in [1.29, 1.82) is 0 Å². The van der Waals surface area contributed by atoms with Gasteiger partial charge in [-0.3, -0.25) is 0 Å². The van der Waals surface area contributed by atoms with Gasteiger partial charge in [0, 0.05) is 6.54 Å². The van der Waals surface area contributed by atoms with E-state index in [1.807, 2.05) is 28.8 Å². The number of aromatic nitrogens is 2. The van der Waals surface area contributed by atoms with E-state index in [1.54, 1.807) is 6.33 Å². The lowest BCUT2D eigenvalue weighted by Gasteiger charge is -2.22. The first-order valence-electron chi connectivity index (χ1n) is 6.54. The molecule has 4 heteroatoms. The highest BCUT2D eigenvalue weighted by Gasteiger charge is 2.11. The van der Waals surface area contributed by atoms with Gasteiger partial charge in [-0.15, -0.1) is 0 Å². The van der Waals surface area contributed by atoms with Crippen molar-refractivity contribution in [1.82, 2.24) is 14.5 Å². The molecule has 0 saturated carbocycles. The molecule has 1 atom stereocenters. The Hall–Kier alpha value is -1.39. The summed E-state index contributed by atoms with van der Waals surface area (Å²) in [5.41, 5.74) is 2.06. The standard InChI is InChI=1S/C14H21N3O/c1-3-16(4-2)9-12(18)10-17-11-15-13-7-5-6-8-14(13)17/h5-8,11-12,18H,3-4,9-10H2,1-2H3. The van der Waals surface area contributed by atoms with Crippen LogP contribution in [0.5, 0.6) is 0 Å². The van der Waals surface area contributed by atoms with Gasteiger partial charge in [0.05, 0.1) is 30.0 Å². The average molecular weight is 247 g/mol. The van der Waals surface area contributed by atoms with Gasteiger partial charge in [-0.25, -0.2) is 4.98 Å². The van der Waals surface area contributed by atoms with Crippen LogP contribution in [0.25, 0.3) is 11.0 Å². The number of imidazole rings is 1. The Balaban J connectivity index is 2.04. The van der Waals surface area contributed by atoms with Crippen LogP contribution in [0.2, 0.25) is 0 Å². The molecule has 1 unspecified atom stereocenters. The van der Waals surface area contributed by atoms with Crippen molar-refractivity contribution < 1.29 is 5.11 Å². The Labute approximate surface area is 108 Å². The van der Waals surface area contributed by atoms with E-state index in [0.29, 0.717) is 13.1 Å². The molecule has 0 bridgehead atoms. The summed E-state index contributed by atoms with van der Waals surface area (Å²) in [4.78, 5) is 6.56. The molecular formula is C14H21N3O. The van der Waals surface area contributed by atoms with E-state index >= 15 is 0 Å². The minimum absolute atomic E-state index is 0.359. The van der Waals surface area contributed by atoms with Gasteiger partial charge < -0.3 is 14.6 Å². The molecule has 0 fully saturated rings. The van der Waals surface area contributed by atoms with E-state index in [9.17, 15) is 5.11 Å². The second-order valence-corrected chi connectivity index (χ2v) is 4.53. The number of hydrogen-bond donors (Lipinski definition) is 1. The minimum Gasteiger partial charge on any atom is -0.390 e. The third-order valence-electron chi connectivity index (χ3n) is 3.30. The lowest BCUT2D eigenvalue weighted by molar-refractivity contribution is 0.104. The third-order valence-corrected chi connectivity index (χ3v) is 3.30. The van der Waals surface area contributed by atoms with E-state index in [1.165, 1.54) is 0 Å². The summed E-state index contributed by atoms with van der Waals surface area (Å²) in [7, 11) is 0. The Morgan fingerprint density at radius 1 is 1.28 bits per heavy atom. The molecule has 0 saturated heterocycles. The van der Waals surface area contributed by atoms with Crippen molar-refractivity contribution in [2.24, 2.45) is 0 Å². The zero-order valence-electron chi connectivity index (χ0n) is 11.1. The predicted octanol–water partition coefficient (Wildman–Crippen LogP) is 1.74. The molecule has 2 aromatic rings. The number of aliphatic hydroxyl groups excluding tert-OH is 1. The van der Waals surface area contributed by atoms with Crippen LogP contribution in [0, 0.1) is 0 Å². The fourth-order valence-corrected chi connectivity index (χ4v) is 2.22. The van der Waals surface area contributed by atoms with E-state index < -0.39 is 0 Å². The Bertz CT molecular complexity index is 490. The molecular weight excluding hydrogens is 226 g/mol. The third kappa shape index (κ3) is 2.89. The van der Waals surface area contributed by atoms with Gasteiger partial charge in [-0.2, -0.15) is 0 Å². The molecule has 2 rings (SSSR count). The summed E-state index contributed by atoms with van der Waals surface area (Å²) in [6, 6.07) is 8.00. The number of hydrogen-bond acceptors (Lipinski definition) is 3. The van der Waals surface area contributed by atoms with Crippen molar-refractivity contribution in [3.8, 4) is 0 Å². The quantitative estimate of drug-likeness (QED) is 0.845. The number of benzene rings is 1. The molecule has 4 nitrogen and oxygen atoms in total. The molecule has 1 aromatic carbocycles. The van der Waals surface area contributed by atoms with Crippen LogP contribution >= 0.6 is 0 Å². The largest absolute Gasteiger partial charge is 0.390 e. The van der Waals surface area contributed by atoms with Crippen LogP contribution in [-0.2, 0) is 6.54 Å². The predicted molar refractivity (Wildman–Crippen MR) is 73.5 cm³/mol. The first kappa shape index (κ1) is 13.1. The van der Waals surface area contributed by atoms with E-state index in [-0.39, 0.29) is 6.10 Å². The Kier molecular flexibility index (Phi) is 4.33. The SMILES string of the molecule is CCN(CC)CC(O)Cn1cnc2ccccc21. The molecule has 18 heavy (non-hydrogen) atoms. The van der Waals surface area contributed by atoms with Gasteiger partial charge >= 0.3 is 0 Å². The maximum absolute atomic E-state index is 10.1. The van der Waals surface area contributed by atoms with Gasteiger partial charge in [-0.1, -0.05) is 26.0 Å². The molecule has 0 radical (unpaired) electrons. The summed E-state index contributed by atoms with van der Waals surface area (Å²) in [6.45, 7) is 7.47. The second kappa shape index (κ2) is 5.98. The van der Waals surface area contributed by atoms with Crippen molar-refractivity contribution in [3.05, 3.63) is 30.6 Å². The summed E-state index contributed by atoms with van der Waals surface area (Å²) in [6.07, 6.45) is 1.44. The number of rotatable bonds is 6. The van der Waals surface area contributed by atoms with Gasteiger partial charge in [0.1, 0.15) is 0 Å². The molecule has 1 aromatic heterocycles. The smallest absolute Gasteiger partial charge is 0.0959 e. The van der Waals surface area contributed by atoms with Crippen molar-refractivity contribution in [2.75, 3.05) is 19.6 Å². The lowest BCUT2D eigenvalue weighted by atomic mass is 10.3. The fourth-order valence-electron chi connectivity index (χ4n) is 2.22. The average Bonchev–Trinajstić information content (AvgIpc) is 2.79. The van der Waals surface area contributed by atoms with Gasteiger partial charge in [0.2, 0.25) is 0 Å². The number of likely N-dealkylation sites (N-methyl/N-ethyl adjacent to an activating group) is 1. The maximum Gasteiger partial charge on any atom is 0.0959 e. The van der Waals surface area contributed by atoms with E-state index in [0.717, 1.165) is 24.1 Å². The van der Waals surface area contributed by atoms with Crippen molar-refractivity contribution >= 4 is 11.0 Å². The number of aliphatic hydroxyl groups is 1. The number of para-hydroxylation sites is 2. The van der Waals surface area contributed by atoms with Gasteiger partial charge in [0.15, 0.2) is 0 Å². The molecule has 0 aliphatic carbocycles. The van der Waals surface area contributed by atoms with Crippen LogP contribution < -0.4 is 0 Å². The number of nitrogens with zero attached hydrogens (tertiary/aromatic N) is 3. The minimum atomic E-state index is -0.359. The lowest BCUT2D eigenvalue weighted by Crippen LogP contribution is -2.34. The van der Waals surface area contributed by atoms with Crippen LogP contribution in [0.3, 0.4) is 0 Å². The van der Waals surface area contributed by atoms with Crippen molar-refractivity contribution in [2.45, 2.75) is 26.5 Å². The summed E-state index contributed by atoms with van der Waals surface area (Å²) < 4.78 is 2.02. The second-order valence-electron chi connectivity index (χ2n) is 4.53. The first-order chi connectivity index (χ1) is 8.74. The Morgan fingerprint density at radius 2 is 2.00 bits per heavy atom. The molecule has 1 N–H and O–H groups in total. The summed E-state index contributed by atoms with van der Waals surface area (Å²) in [5, 5.41) is 10.1. The summed E-state index contributed by atoms with van der Waals surface area (Å²) in [5.74, 6) is 0. The maximum atomic E-state index is 10.1. The zero-order chi connectivity index (χ0) is 13.0. The van der Waals surface area contributed by atoms with Crippen LogP contribution in [0.15, 0.2) is 30.6 Å². The summed E-state index contributed by atoms with van der Waals surface area (Å²) >= 11 is 0. The molecule has 0 spiro atoms. The van der Waals surface area contributed by atoms with Gasteiger partial charge in [-0.05, 0) is 25.2 Å². The zero-order valence-corrected chi connectivity index (χ0v) is 11.1. The van der Waals surface area contributed by atoms with Crippen LogP contribution in [-0.4, -0.2) is 45.3 Å². The first-order valence-corrected chi connectivity index (χ1v) is 6.54. The topological polar surface area (TPSA) is 41.3 Å². The van der Waals surface area contributed by atoms with Crippen LogP contribution in [0.1, 0.15) is 13.8 Å². The molecule has 0 amide bonds. The Morgan fingerprint density at radius 3 is 2.72 bits per heavy atom. The molecule has 0 aliphatic heterocycles. The van der Waals surface area contributed by atoms with Crippen molar-refractivity contribution in [3.63, 3.8) is 0 Å². The molecule has 1 heterocycles. The normalized spacial score (nSPS) is 13.3. The highest BCUT2D eigenvalue weighted by atomic mass is 16.3. The number of fused-ring (bicyclic) bond motifs is 1. The van der Waals surface area contributed by atoms with Crippen LogP contribution in [0.4, 0.5) is 0 Å². The van der Waals surface area contributed by atoms with E-state index in [4.69, 9.17) is 0 Å². The molecule has 98 valence electrons.